The number of aromatic nitrogens is 1. The fraction of sp³-hybridized carbons (Fsp3) is 0.538. The van der Waals surface area contributed by atoms with Crippen LogP contribution in [0.1, 0.15) is 42.6 Å². The standard InChI is InChI=1S/C13H17ClN2O2/c14-10-5-6-11(16-12(10)13(17)18)15-8-7-9-3-1-2-4-9/h5-6,9H,1-4,7-8H2,(H,15,16)(H,17,18). The Morgan fingerprint density at radius 3 is 2.83 bits per heavy atom. The maximum Gasteiger partial charge on any atom is 0.356 e. The van der Waals surface area contributed by atoms with E-state index in [0.29, 0.717) is 5.82 Å². The molecule has 0 atom stereocenters. The quantitative estimate of drug-likeness (QED) is 0.859. The summed E-state index contributed by atoms with van der Waals surface area (Å²) in [6.45, 7) is 0.832. The van der Waals surface area contributed by atoms with Gasteiger partial charge in [-0.25, -0.2) is 9.78 Å². The molecule has 0 aromatic carbocycles. The number of halogens is 1. The van der Waals surface area contributed by atoms with E-state index in [4.69, 9.17) is 16.7 Å². The van der Waals surface area contributed by atoms with E-state index in [1.165, 1.54) is 25.7 Å². The van der Waals surface area contributed by atoms with Gasteiger partial charge in [0, 0.05) is 6.54 Å². The van der Waals surface area contributed by atoms with Crippen LogP contribution in [-0.2, 0) is 0 Å². The van der Waals surface area contributed by atoms with E-state index < -0.39 is 5.97 Å². The first kappa shape index (κ1) is 13.1. The van der Waals surface area contributed by atoms with E-state index >= 15 is 0 Å². The smallest absolute Gasteiger partial charge is 0.356 e. The van der Waals surface area contributed by atoms with Crippen LogP contribution >= 0.6 is 11.6 Å². The minimum Gasteiger partial charge on any atom is -0.476 e. The number of pyridine rings is 1. The summed E-state index contributed by atoms with van der Waals surface area (Å²) in [5.41, 5.74) is -0.0949. The molecule has 0 unspecified atom stereocenters. The Labute approximate surface area is 111 Å². The van der Waals surface area contributed by atoms with Gasteiger partial charge in [-0.15, -0.1) is 0 Å². The number of nitrogens with one attached hydrogen (secondary N) is 1. The summed E-state index contributed by atoms with van der Waals surface area (Å²) >= 11 is 5.76. The number of aromatic carboxylic acids is 1. The zero-order chi connectivity index (χ0) is 13.0. The van der Waals surface area contributed by atoms with E-state index in [9.17, 15) is 4.79 Å². The van der Waals surface area contributed by atoms with Crippen molar-refractivity contribution in [1.82, 2.24) is 4.98 Å². The lowest BCUT2D eigenvalue weighted by Crippen LogP contribution is -2.10. The van der Waals surface area contributed by atoms with Gasteiger partial charge in [0.05, 0.1) is 5.02 Å². The van der Waals surface area contributed by atoms with Gasteiger partial charge >= 0.3 is 5.97 Å². The van der Waals surface area contributed by atoms with Gasteiger partial charge in [-0.3, -0.25) is 0 Å². The molecule has 1 aliphatic rings. The molecule has 1 aromatic rings. The number of hydrogen-bond acceptors (Lipinski definition) is 3. The molecule has 1 saturated carbocycles. The molecule has 0 amide bonds. The molecule has 0 spiro atoms. The van der Waals surface area contributed by atoms with Crippen LogP contribution < -0.4 is 5.32 Å². The third kappa shape index (κ3) is 3.35. The molecule has 0 bridgehead atoms. The number of carboxylic acids is 1. The molecule has 0 radical (unpaired) electrons. The van der Waals surface area contributed by atoms with Crippen molar-refractivity contribution in [3.05, 3.63) is 22.8 Å². The van der Waals surface area contributed by atoms with Gasteiger partial charge in [0.15, 0.2) is 5.69 Å². The molecule has 4 nitrogen and oxygen atoms in total. The van der Waals surface area contributed by atoms with Crippen molar-refractivity contribution >= 4 is 23.4 Å². The van der Waals surface area contributed by atoms with Crippen LogP contribution in [0, 0.1) is 5.92 Å². The molecule has 0 saturated heterocycles. The fourth-order valence-electron chi connectivity index (χ4n) is 2.39. The van der Waals surface area contributed by atoms with Crippen molar-refractivity contribution in [2.45, 2.75) is 32.1 Å². The van der Waals surface area contributed by atoms with Gasteiger partial charge in [0.25, 0.3) is 0 Å². The van der Waals surface area contributed by atoms with Crippen LogP contribution in [-0.4, -0.2) is 22.6 Å². The summed E-state index contributed by atoms with van der Waals surface area (Å²) in [5.74, 6) is 0.290. The summed E-state index contributed by atoms with van der Waals surface area (Å²) in [7, 11) is 0. The third-order valence-corrected chi connectivity index (χ3v) is 3.69. The van der Waals surface area contributed by atoms with Crippen LogP contribution in [0.2, 0.25) is 5.02 Å². The SMILES string of the molecule is O=C(O)c1nc(NCCC2CCCC2)ccc1Cl. The van der Waals surface area contributed by atoms with Crippen molar-refractivity contribution in [2.24, 2.45) is 5.92 Å². The molecule has 1 fully saturated rings. The predicted octanol–water partition coefficient (Wildman–Crippen LogP) is 3.43. The first-order valence-corrected chi connectivity index (χ1v) is 6.68. The summed E-state index contributed by atoms with van der Waals surface area (Å²) in [5, 5.41) is 12.2. The molecular formula is C13H17ClN2O2. The lowest BCUT2D eigenvalue weighted by molar-refractivity contribution is 0.0691. The third-order valence-electron chi connectivity index (χ3n) is 3.38. The normalized spacial score (nSPS) is 15.8. The van der Waals surface area contributed by atoms with Crippen LogP contribution in [0.3, 0.4) is 0 Å². The second kappa shape index (κ2) is 6.05. The van der Waals surface area contributed by atoms with Crippen LogP contribution in [0.15, 0.2) is 12.1 Å². The zero-order valence-electron chi connectivity index (χ0n) is 10.2. The molecule has 2 rings (SSSR count). The lowest BCUT2D eigenvalue weighted by atomic mass is 10.0. The summed E-state index contributed by atoms with van der Waals surface area (Å²) < 4.78 is 0. The number of carbonyl (C=O) groups is 1. The molecule has 1 aromatic heterocycles. The molecule has 98 valence electrons. The fourth-order valence-corrected chi connectivity index (χ4v) is 2.58. The lowest BCUT2D eigenvalue weighted by Gasteiger charge is -2.10. The highest BCUT2D eigenvalue weighted by Gasteiger charge is 2.15. The average Bonchev–Trinajstić information content (AvgIpc) is 2.84. The topological polar surface area (TPSA) is 62.2 Å². The Morgan fingerprint density at radius 2 is 2.17 bits per heavy atom. The molecule has 0 aliphatic heterocycles. The van der Waals surface area contributed by atoms with Gasteiger partial charge in [-0.2, -0.15) is 0 Å². The number of nitrogens with zero attached hydrogens (tertiary/aromatic N) is 1. The van der Waals surface area contributed by atoms with E-state index in [1.54, 1.807) is 12.1 Å². The molecule has 5 heteroatoms. The van der Waals surface area contributed by atoms with Gasteiger partial charge in [-0.1, -0.05) is 37.3 Å². The molecule has 18 heavy (non-hydrogen) atoms. The Balaban J connectivity index is 1.88. The predicted molar refractivity (Wildman–Crippen MR) is 71.3 cm³/mol. The Morgan fingerprint density at radius 1 is 1.44 bits per heavy atom. The molecule has 1 heterocycles. The number of anilines is 1. The minimum absolute atomic E-state index is 0.0949. The van der Waals surface area contributed by atoms with Gasteiger partial charge in [-0.05, 0) is 24.5 Å². The Bertz CT molecular complexity index is 431. The van der Waals surface area contributed by atoms with Gasteiger partial charge in [0.2, 0.25) is 0 Å². The Hall–Kier alpha value is -1.29. The van der Waals surface area contributed by atoms with Crippen LogP contribution in [0.5, 0.6) is 0 Å². The van der Waals surface area contributed by atoms with E-state index in [2.05, 4.69) is 10.3 Å². The van der Waals surface area contributed by atoms with Crippen molar-refractivity contribution in [1.29, 1.82) is 0 Å². The first-order valence-electron chi connectivity index (χ1n) is 6.30. The Kier molecular flexibility index (Phi) is 4.42. The van der Waals surface area contributed by atoms with Crippen molar-refractivity contribution in [2.75, 3.05) is 11.9 Å². The van der Waals surface area contributed by atoms with Gasteiger partial charge in [0.1, 0.15) is 5.82 Å². The summed E-state index contributed by atoms with van der Waals surface area (Å²) in [4.78, 5) is 14.9. The van der Waals surface area contributed by atoms with Crippen LogP contribution in [0.4, 0.5) is 5.82 Å². The number of carboxylic acid groups (broad SMARTS) is 1. The highest BCUT2D eigenvalue weighted by Crippen LogP contribution is 2.27. The van der Waals surface area contributed by atoms with Crippen molar-refractivity contribution in [3.8, 4) is 0 Å². The second-order valence-electron chi connectivity index (χ2n) is 4.70. The van der Waals surface area contributed by atoms with E-state index in [1.807, 2.05) is 0 Å². The van der Waals surface area contributed by atoms with E-state index in [0.717, 1.165) is 18.9 Å². The minimum atomic E-state index is -1.10. The second-order valence-corrected chi connectivity index (χ2v) is 5.11. The molecule has 2 N–H and O–H groups in total. The maximum atomic E-state index is 10.9. The number of hydrogen-bond donors (Lipinski definition) is 2. The van der Waals surface area contributed by atoms with Gasteiger partial charge < -0.3 is 10.4 Å². The van der Waals surface area contributed by atoms with Crippen molar-refractivity contribution in [3.63, 3.8) is 0 Å². The largest absolute Gasteiger partial charge is 0.476 e. The number of rotatable bonds is 5. The van der Waals surface area contributed by atoms with Crippen molar-refractivity contribution < 1.29 is 9.90 Å². The zero-order valence-corrected chi connectivity index (χ0v) is 10.9. The first-order chi connectivity index (χ1) is 8.66. The highest BCUT2D eigenvalue weighted by molar-refractivity contribution is 6.33. The molecular weight excluding hydrogens is 252 g/mol. The molecule has 1 aliphatic carbocycles. The summed E-state index contributed by atoms with van der Waals surface area (Å²) in [6, 6.07) is 3.28. The maximum absolute atomic E-state index is 10.9. The average molecular weight is 269 g/mol. The monoisotopic (exact) mass is 268 g/mol. The van der Waals surface area contributed by atoms with E-state index in [-0.39, 0.29) is 10.7 Å². The summed E-state index contributed by atoms with van der Waals surface area (Å²) in [6.07, 6.45) is 6.43. The highest BCUT2D eigenvalue weighted by atomic mass is 35.5. The van der Waals surface area contributed by atoms with Crippen LogP contribution in [0.25, 0.3) is 0 Å².